The second-order valence-corrected chi connectivity index (χ2v) is 5.45. The standard InChI is InChI=1S/C15H19ClFNO/c1-15(2,11-18)7-3-4-8-19-14-6-5-13(17)9-12(14)10-16/h5-6,9H,3-4,7-8,10H2,1-2H3. The summed E-state index contributed by atoms with van der Waals surface area (Å²) in [5, 5.41) is 8.89. The van der Waals surface area contributed by atoms with Crippen molar-refractivity contribution in [1.82, 2.24) is 0 Å². The Bertz CT molecular complexity index is 454. The van der Waals surface area contributed by atoms with E-state index in [4.69, 9.17) is 21.6 Å². The summed E-state index contributed by atoms with van der Waals surface area (Å²) in [6.07, 6.45) is 2.64. The Morgan fingerprint density at radius 1 is 1.37 bits per heavy atom. The molecule has 0 bridgehead atoms. The van der Waals surface area contributed by atoms with E-state index in [2.05, 4.69) is 6.07 Å². The van der Waals surface area contributed by atoms with Crippen molar-refractivity contribution < 1.29 is 9.13 Å². The lowest BCUT2D eigenvalue weighted by atomic mass is 9.89. The molecule has 104 valence electrons. The van der Waals surface area contributed by atoms with E-state index < -0.39 is 0 Å². The quantitative estimate of drug-likeness (QED) is 0.538. The maximum atomic E-state index is 13.0. The third-order valence-electron chi connectivity index (χ3n) is 2.92. The van der Waals surface area contributed by atoms with Gasteiger partial charge in [0.05, 0.1) is 24.0 Å². The molecule has 1 rings (SSSR count). The highest BCUT2D eigenvalue weighted by atomic mass is 35.5. The predicted molar refractivity (Wildman–Crippen MR) is 74.7 cm³/mol. The van der Waals surface area contributed by atoms with Crippen LogP contribution >= 0.6 is 11.6 Å². The average molecular weight is 284 g/mol. The Morgan fingerprint density at radius 2 is 2.11 bits per heavy atom. The van der Waals surface area contributed by atoms with Crippen LogP contribution in [0, 0.1) is 22.6 Å². The Balaban J connectivity index is 2.36. The van der Waals surface area contributed by atoms with Crippen molar-refractivity contribution in [1.29, 1.82) is 5.26 Å². The molecule has 0 N–H and O–H groups in total. The molecule has 0 unspecified atom stereocenters. The smallest absolute Gasteiger partial charge is 0.123 e. The van der Waals surface area contributed by atoms with Gasteiger partial charge in [-0.15, -0.1) is 11.6 Å². The van der Waals surface area contributed by atoms with Crippen LogP contribution in [0.25, 0.3) is 0 Å². The summed E-state index contributed by atoms with van der Waals surface area (Å²) in [4.78, 5) is 0. The van der Waals surface area contributed by atoms with Gasteiger partial charge in [-0.3, -0.25) is 0 Å². The molecule has 0 heterocycles. The maximum absolute atomic E-state index is 13.0. The predicted octanol–water partition coefficient (Wildman–Crippen LogP) is 4.66. The number of hydrogen-bond donors (Lipinski definition) is 0. The largest absolute Gasteiger partial charge is 0.493 e. The van der Waals surface area contributed by atoms with Gasteiger partial charge in [-0.2, -0.15) is 5.26 Å². The van der Waals surface area contributed by atoms with Crippen LogP contribution in [0.2, 0.25) is 0 Å². The lowest BCUT2D eigenvalue weighted by molar-refractivity contribution is 0.292. The molecule has 0 aromatic heterocycles. The van der Waals surface area contributed by atoms with E-state index in [1.807, 2.05) is 13.8 Å². The third-order valence-corrected chi connectivity index (χ3v) is 3.21. The molecule has 0 saturated heterocycles. The van der Waals surface area contributed by atoms with Crippen molar-refractivity contribution in [2.75, 3.05) is 6.61 Å². The zero-order chi connectivity index (χ0) is 14.3. The van der Waals surface area contributed by atoms with Crippen molar-refractivity contribution in [2.45, 2.75) is 39.0 Å². The Hall–Kier alpha value is -1.27. The van der Waals surface area contributed by atoms with Gasteiger partial charge in [-0.25, -0.2) is 4.39 Å². The van der Waals surface area contributed by atoms with Crippen LogP contribution in [-0.4, -0.2) is 6.61 Å². The van der Waals surface area contributed by atoms with Crippen LogP contribution in [0.1, 0.15) is 38.7 Å². The van der Waals surface area contributed by atoms with Crippen molar-refractivity contribution in [2.24, 2.45) is 5.41 Å². The topological polar surface area (TPSA) is 33.0 Å². The number of ether oxygens (including phenoxy) is 1. The first-order valence-corrected chi connectivity index (χ1v) is 6.90. The van der Waals surface area contributed by atoms with E-state index in [-0.39, 0.29) is 17.1 Å². The summed E-state index contributed by atoms with van der Waals surface area (Å²) < 4.78 is 18.6. The normalized spacial score (nSPS) is 11.1. The molecule has 4 heteroatoms. The maximum Gasteiger partial charge on any atom is 0.123 e. The minimum atomic E-state index is -0.307. The first-order chi connectivity index (χ1) is 8.98. The Kier molecular flexibility index (Phi) is 6.11. The zero-order valence-corrected chi connectivity index (χ0v) is 12.1. The van der Waals surface area contributed by atoms with Crippen LogP contribution in [0.15, 0.2) is 18.2 Å². The molecule has 0 fully saturated rings. The van der Waals surface area contributed by atoms with Crippen molar-refractivity contribution in [3.8, 4) is 11.8 Å². The van der Waals surface area contributed by atoms with Gasteiger partial charge in [0.2, 0.25) is 0 Å². The molecule has 0 spiro atoms. The SMILES string of the molecule is CC(C)(C#N)CCCCOc1ccc(F)cc1CCl. The summed E-state index contributed by atoms with van der Waals surface area (Å²) in [7, 11) is 0. The number of benzene rings is 1. The van der Waals surface area contributed by atoms with Gasteiger partial charge >= 0.3 is 0 Å². The van der Waals surface area contributed by atoms with E-state index in [9.17, 15) is 4.39 Å². The number of unbranched alkanes of at least 4 members (excludes halogenated alkanes) is 1. The lowest BCUT2D eigenvalue weighted by Crippen LogP contribution is -2.08. The van der Waals surface area contributed by atoms with Gasteiger partial charge in [0.15, 0.2) is 0 Å². The molecule has 0 radical (unpaired) electrons. The molecule has 1 aromatic rings. The second-order valence-electron chi connectivity index (χ2n) is 5.19. The Morgan fingerprint density at radius 3 is 2.74 bits per heavy atom. The fourth-order valence-corrected chi connectivity index (χ4v) is 1.91. The minimum Gasteiger partial charge on any atom is -0.493 e. The van der Waals surface area contributed by atoms with Crippen molar-refractivity contribution >= 4 is 11.6 Å². The number of halogens is 2. The fraction of sp³-hybridized carbons (Fsp3) is 0.533. The summed E-state index contributed by atoms with van der Waals surface area (Å²) in [5.41, 5.74) is 0.385. The highest BCUT2D eigenvalue weighted by Gasteiger charge is 2.15. The van der Waals surface area contributed by atoms with E-state index in [1.165, 1.54) is 12.1 Å². The van der Waals surface area contributed by atoms with Crippen molar-refractivity contribution in [3.63, 3.8) is 0 Å². The lowest BCUT2D eigenvalue weighted by Gasteiger charge is -2.15. The molecule has 0 atom stereocenters. The van der Waals surface area contributed by atoms with Gasteiger partial charge < -0.3 is 4.74 Å². The number of hydrogen-bond acceptors (Lipinski definition) is 2. The highest BCUT2D eigenvalue weighted by Crippen LogP contribution is 2.23. The van der Waals surface area contributed by atoms with Crippen molar-refractivity contribution in [3.05, 3.63) is 29.6 Å². The monoisotopic (exact) mass is 283 g/mol. The molecule has 1 aromatic carbocycles. The molecule has 0 amide bonds. The van der Waals surface area contributed by atoms with Gasteiger partial charge in [0, 0.05) is 5.56 Å². The van der Waals surface area contributed by atoms with E-state index in [1.54, 1.807) is 6.07 Å². The number of rotatable bonds is 7. The van der Waals surface area contributed by atoms with Crippen LogP contribution < -0.4 is 4.74 Å². The summed E-state index contributed by atoms with van der Waals surface area (Å²) >= 11 is 5.74. The number of alkyl halides is 1. The average Bonchev–Trinajstić information content (AvgIpc) is 2.39. The molecule has 2 nitrogen and oxygen atoms in total. The Labute approximate surface area is 119 Å². The number of nitriles is 1. The van der Waals surface area contributed by atoms with Gasteiger partial charge in [-0.05, 0) is 51.3 Å². The van der Waals surface area contributed by atoms with Crippen LogP contribution in [0.5, 0.6) is 5.75 Å². The molecule has 19 heavy (non-hydrogen) atoms. The van der Waals surface area contributed by atoms with E-state index in [0.717, 1.165) is 19.3 Å². The summed E-state index contributed by atoms with van der Waals surface area (Å²) in [6.45, 7) is 4.41. The van der Waals surface area contributed by atoms with Gasteiger partial charge in [0.25, 0.3) is 0 Å². The summed E-state index contributed by atoms with van der Waals surface area (Å²) in [6, 6.07) is 6.63. The van der Waals surface area contributed by atoms with Gasteiger partial charge in [-0.1, -0.05) is 0 Å². The first kappa shape index (κ1) is 15.8. The van der Waals surface area contributed by atoms with Crippen LogP contribution in [-0.2, 0) is 5.88 Å². The van der Waals surface area contributed by atoms with Crippen LogP contribution in [0.3, 0.4) is 0 Å². The second kappa shape index (κ2) is 7.35. The minimum absolute atomic E-state index is 0.231. The molecule has 0 aliphatic heterocycles. The molecule has 0 aliphatic rings. The van der Waals surface area contributed by atoms with E-state index >= 15 is 0 Å². The van der Waals surface area contributed by atoms with E-state index in [0.29, 0.717) is 17.9 Å². The molecular formula is C15H19ClFNO. The fourth-order valence-electron chi connectivity index (χ4n) is 1.70. The molecule has 0 saturated carbocycles. The third kappa shape index (κ3) is 5.48. The zero-order valence-electron chi connectivity index (χ0n) is 11.4. The molecular weight excluding hydrogens is 265 g/mol. The first-order valence-electron chi connectivity index (χ1n) is 6.37. The van der Waals surface area contributed by atoms with Gasteiger partial charge in [0.1, 0.15) is 11.6 Å². The number of nitrogens with zero attached hydrogens (tertiary/aromatic N) is 1. The van der Waals surface area contributed by atoms with Crippen LogP contribution in [0.4, 0.5) is 4.39 Å². The highest BCUT2D eigenvalue weighted by molar-refractivity contribution is 6.17. The summed E-state index contributed by atoms with van der Waals surface area (Å²) in [5.74, 6) is 0.559. The molecule has 0 aliphatic carbocycles.